The van der Waals surface area contributed by atoms with Gasteiger partial charge in [0, 0.05) is 6.20 Å². The summed E-state index contributed by atoms with van der Waals surface area (Å²) in [5.74, 6) is 0. The highest BCUT2D eigenvalue weighted by Crippen LogP contribution is 1.93. The zero-order chi connectivity index (χ0) is 7.40. The van der Waals surface area contributed by atoms with E-state index in [4.69, 9.17) is 5.26 Å². The van der Waals surface area contributed by atoms with Crippen LogP contribution in [-0.2, 0) is 6.54 Å². The van der Waals surface area contributed by atoms with Gasteiger partial charge in [-0.3, -0.25) is 4.68 Å². The molecule has 3 nitrogen and oxygen atoms in total. The summed E-state index contributed by atoms with van der Waals surface area (Å²) in [7, 11) is 0. The maximum absolute atomic E-state index is 8.39. The van der Waals surface area contributed by atoms with E-state index in [1.165, 1.54) is 6.20 Å². The number of hydrogen-bond donors (Lipinski definition) is 0. The highest BCUT2D eigenvalue weighted by Gasteiger charge is 1.92. The molecule has 3 heteroatoms. The Morgan fingerprint density at radius 1 is 1.90 bits per heavy atom. The van der Waals surface area contributed by atoms with Gasteiger partial charge in [0.25, 0.3) is 0 Å². The Labute approximate surface area is 59.2 Å². The number of hydrogen-bond acceptors (Lipinski definition) is 2. The molecule has 0 atom stereocenters. The molecule has 0 aliphatic carbocycles. The van der Waals surface area contributed by atoms with Gasteiger partial charge in [0.2, 0.25) is 0 Å². The number of nitriles is 1. The summed E-state index contributed by atoms with van der Waals surface area (Å²) >= 11 is 0. The van der Waals surface area contributed by atoms with Crippen LogP contribution in [0, 0.1) is 11.3 Å². The Morgan fingerprint density at radius 2 is 2.70 bits per heavy atom. The number of nitrogens with zero attached hydrogens (tertiary/aromatic N) is 3. The fourth-order valence-electron chi connectivity index (χ4n) is 0.653. The minimum atomic E-state index is 0.585. The van der Waals surface area contributed by atoms with Crippen LogP contribution in [0.2, 0.25) is 0 Å². The zero-order valence-corrected chi connectivity index (χ0v) is 5.49. The lowest BCUT2D eigenvalue weighted by molar-refractivity contribution is 0.702. The molecule has 0 spiro atoms. The molecule has 1 aromatic rings. The predicted molar refractivity (Wildman–Crippen MR) is 37.1 cm³/mol. The summed E-state index contributed by atoms with van der Waals surface area (Å²) < 4.78 is 1.66. The van der Waals surface area contributed by atoms with E-state index in [0.717, 1.165) is 0 Å². The van der Waals surface area contributed by atoms with Crippen molar-refractivity contribution in [2.45, 2.75) is 6.54 Å². The van der Waals surface area contributed by atoms with E-state index in [0.29, 0.717) is 12.1 Å². The van der Waals surface area contributed by atoms with Crippen molar-refractivity contribution in [3.63, 3.8) is 0 Å². The van der Waals surface area contributed by atoms with Crippen molar-refractivity contribution in [3.05, 3.63) is 30.6 Å². The third kappa shape index (κ3) is 1.23. The van der Waals surface area contributed by atoms with Crippen LogP contribution in [0.1, 0.15) is 5.56 Å². The van der Waals surface area contributed by atoms with Crippen LogP contribution in [0.4, 0.5) is 0 Å². The Balaban J connectivity index is 2.80. The van der Waals surface area contributed by atoms with Crippen LogP contribution in [0.5, 0.6) is 0 Å². The van der Waals surface area contributed by atoms with Crippen molar-refractivity contribution in [1.82, 2.24) is 9.78 Å². The van der Waals surface area contributed by atoms with Crippen LogP contribution < -0.4 is 0 Å². The van der Waals surface area contributed by atoms with Gasteiger partial charge in [0.15, 0.2) is 0 Å². The van der Waals surface area contributed by atoms with Gasteiger partial charge >= 0.3 is 0 Å². The molecule has 0 aromatic carbocycles. The SMILES string of the molecule is C=CCn1cc(C#N)cn1. The van der Waals surface area contributed by atoms with Gasteiger partial charge in [-0.15, -0.1) is 6.58 Å². The van der Waals surface area contributed by atoms with E-state index >= 15 is 0 Å². The molecular formula is C7H7N3. The molecule has 0 fully saturated rings. The topological polar surface area (TPSA) is 41.6 Å². The van der Waals surface area contributed by atoms with Gasteiger partial charge < -0.3 is 0 Å². The van der Waals surface area contributed by atoms with E-state index < -0.39 is 0 Å². The molecule has 0 saturated carbocycles. The first-order valence-electron chi connectivity index (χ1n) is 2.90. The van der Waals surface area contributed by atoms with Gasteiger partial charge in [-0.2, -0.15) is 10.4 Å². The summed E-state index contributed by atoms with van der Waals surface area (Å²) in [4.78, 5) is 0. The lowest BCUT2D eigenvalue weighted by atomic mass is 10.4. The Hall–Kier alpha value is -1.56. The van der Waals surface area contributed by atoms with Crippen LogP contribution in [-0.4, -0.2) is 9.78 Å². The minimum absolute atomic E-state index is 0.585. The highest BCUT2D eigenvalue weighted by molar-refractivity contribution is 5.21. The molecule has 1 rings (SSSR count). The summed E-state index contributed by atoms with van der Waals surface area (Å²) in [6.07, 6.45) is 4.94. The number of aromatic nitrogens is 2. The van der Waals surface area contributed by atoms with Crippen molar-refractivity contribution >= 4 is 0 Å². The van der Waals surface area contributed by atoms with Gasteiger partial charge in [0.05, 0.1) is 18.3 Å². The second-order valence-corrected chi connectivity index (χ2v) is 1.85. The van der Waals surface area contributed by atoms with Gasteiger partial charge in [-0.05, 0) is 0 Å². The molecule has 0 N–H and O–H groups in total. The number of allylic oxidation sites excluding steroid dienone is 1. The zero-order valence-electron chi connectivity index (χ0n) is 5.49. The van der Waals surface area contributed by atoms with E-state index in [-0.39, 0.29) is 0 Å². The Bertz CT molecular complexity index is 267. The molecule has 0 saturated heterocycles. The van der Waals surface area contributed by atoms with E-state index in [1.54, 1.807) is 17.0 Å². The average molecular weight is 133 g/mol. The lowest BCUT2D eigenvalue weighted by Crippen LogP contribution is -1.93. The normalized spacial score (nSPS) is 8.70. The van der Waals surface area contributed by atoms with Crippen LogP contribution >= 0.6 is 0 Å². The van der Waals surface area contributed by atoms with E-state index in [2.05, 4.69) is 11.7 Å². The summed E-state index contributed by atoms with van der Waals surface area (Å²) in [6.45, 7) is 4.20. The van der Waals surface area contributed by atoms with Crippen molar-refractivity contribution in [3.8, 4) is 6.07 Å². The van der Waals surface area contributed by atoms with Crippen molar-refractivity contribution in [2.75, 3.05) is 0 Å². The highest BCUT2D eigenvalue weighted by atomic mass is 15.3. The molecule has 50 valence electrons. The van der Waals surface area contributed by atoms with Crippen molar-refractivity contribution < 1.29 is 0 Å². The molecule has 10 heavy (non-hydrogen) atoms. The fourth-order valence-corrected chi connectivity index (χ4v) is 0.653. The smallest absolute Gasteiger partial charge is 0.102 e. The first kappa shape index (κ1) is 6.56. The number of rotatable bonds is 2. The first-order valence-corrected chi connectivity index (χ1v) is 2.90. The van der Waals surface area contributed by atoms with E-state index in [1.807, 2.05) is 6.07 Å². The van der Waals surface area contributed by atoms with Crippen LogP contribution in [0.25, 0.3) is 0 Å². The quantitative estimate of drug-likeness (QED) is 0.563. The molecule has 1 aromatic heterocycles. The maximum atomic E-state index is 8.39. The van der Waals surface area contributed by atoms with Gasteiger partial charge in [0.1, 0.15) is 6.07 Å². The monoisotopic (exact) mass is 133 g/mol. The summed E-state index contributed by atoms with van der Waals surface area (Å²) in [6, 6.07) is 1.99. The fraction of sp³-hybridized carbons (Fsp3) is 0.143. The molecular weight excluding hydrogens is 126 g/mol. The maximum Gasteiger partial charge on any atom is 0.102 e. The molecule has 1 heterocycles. The standard InChI is InChI=1S/C7H7N3/c1-2-3-10-6-7(4-8)5-9-10/h2,5-6H,1,3H2. The molecule has 0 radical (unpaired) electrons. The Morgan fingerprint density at radius 3 is 3.20 bits per heavy atom. The van der Waals surface area contributed by atoms with Crippen molar-refractivity contribution in [2.24, 2.45) is 0 Å². The second kappa shape index (κ2) is 2.83. The molecule has 0 aliphatic rings. The largest absolute Gasteiger partial charge is 0.268 e. The van der Waals surface area contributed by atoms with Crippen LogP contribution in [0.15, 0.2) is 25.0 Å². The molecule has 0 amide bonds. The molecule has 0 bridgehead atoms. The van der Waals surface area contributed by atoms with Crippen LogP contribution in [0.3, 0.4) is 0 Å². The molecule has 0 unspecified atom stereocenters. The van der Waals surface area contributed by atoms with E-state index in [9.17, 15) is 0 Å². The van der Waals surface area contributed by atoms with Gasteiger partial charge in [-0.25, -0.2) is 0 Å². The first-order chi connectivity index (χ1) is 4.86. The summed E-state index contributed by atoms with van der Waals surface area (Å²) in [5, 5.41) is 12.3. The minimum Gasteiger partial charge on any atom is -0.268 e. The Kier molecular flexibility index (Phi) is 1.86. The van der Waals surface area contributed by atoms with Crippen molar-refractivity contribution in [1.29, 1.82) is 5.26 Å². The van der Waals surface area contributed by atoms with Gasteiger partial charge in [-0.1, -0.05) is 6.08 Å². The molecule has 0 aliphatic heterocycles. The third-order valence-corrected chi connectivity index (χ3v) is 1.08. The summed E-state index contributed by atoms with van der Waals surface area (Å²) in [5.41, 5.74) is 0.585. The lowest BCUT2D eigenvalue weighted by Gasteiger charge is -1.89. The third-order valence-electron chi connectivity index (χ3n) is 1.08. The average Bonchev–Trinajstić information content (AvgIpc) is 2.37. The second-order valence-electron chi connectivity index (χ2n) is 1.85. The predicted octanol–water partition coefficient (Wildman–Crippen LogP) is 0.941.